The van der Waals surface area contributed by atoms with E-state index in [0.717, 1.165) is 12.1 Å². The maximum atomic E-state index is 14.2. The van der Waals surface area contributed by atoms with Crippen molar-refractivity contribution in [2.75, 3.05) is 12.4 Å². The number of fused-ring (bicyclic) bond motifs is 1. The first-order valence-electron chi connectivity index (χ1n) is 8.08. The summed E-state index contributed by atoms with van der Waals surface area (Å²) < 4.78 is 19.1. The number of hydrogen-bond acceptors (Lipinski definition) is 3. The number of nitrogens with zero attached hydrogens (tertiary/aromatic N) is 1. The third-order valence-electron chi connectivity index (χ3n) is 4.52. The number of halogens is 1. The molecule has 1 aliphatic heterocycles. The molecule has 1 aliphatic rings. The molecule has 0 aliphatic carbocycles. The van der Waals surface area contributed by atoms with Crippen molar-refractivity contribution in [2.45, 2.75) is 32.5 Å². The fraction of sp³-hybridized carbons (Fsp3) is 0.316. The van der Waals surface area contributed by atoms with Gasteiger partial charge in [-0.15, -0.1) is 0 Å². The zero-order chi connectivity index (χ0) is 17.3. The van der Waals surface area contributed by atoms with Gasteiger partial charge in [0.1, 0.15) is 6.17 Å². The normalized spacial score (nSPS) is 17.9. The predicted molar refractivity (Wildman–Crippen MR) is 91.7 cm³/mol. The third-order valence-corrected chi connectivity index (χ3v) is 4.52. The van der Waals surface area contributed by atoms with Gasteiger partial charge in [0.2, 0.25) is 0 Å². The van der Waals surface area contributed by atoms with Crippen LogP contribution in [0.4, 0.5) is 10.1 Å². The van der Waals surface area contributed by atoms with Crippen molar-refractivity contribution in [3.8, 4) is 5.75 Å². The van der Waals surface area contributed by atoms with Gasteiger partial charge in [0.05, 0.1) is 12.7 Å². The molecule has 1 N–H and O–H groups in total. The van der Waals surface area contributed by atoms with Gasteiger partial charge < -0.3 is 15.0 Å². The highest BCUT2D eigenvalue weighted by molar-refractivity contribution is 6.01. The second kappa shape index (κ2) is 6.51. The highest BCUT2D eigenvalue weighted by Crippen LogP contribution is 2.36. The van der Waals surface area contributed by atoms with Crippen LogP contribution in [0, 0.1) is 5.82 Å². The van der Waals surface area contributed by atoms with E-state index in [4.69, 9.17) is 4.74 Å². The number of nitrogens with one attached hydrogen (secondary N) is 1. The summed E-state index contributed by atoms with van der Waals surface area (Å²) in [6.07, 6.45) is 0.396. The number of ether oxygens (including phenoxy) is 1. The lowest BCUT2D eigenvalue weighted by Crippen LogP contribution is -2.47. The van der Waals surface area contributed by atoms with Gasteiger partial charge in [0, 0.05) is 11.7 Å². The van der Waals surface area contributed by atoms with E-state index in [0.29, 0.717) is 11.1 Å². The number of carbonyl (C=O) groups excluding carboxylic acids is 1. The fourth-order valence-corrected chi connectivity index (χ4v) is 3.02. The van der Waals surface area contributed by atoms with Crippen LogP contribution in [0.5, 0.6) is 5.75 Å². The minimum atomic E-state index is -0.438. The third kappa shape index (κ3) is 2.70. The number of anilines is 1. The van der Waals surface area contributed by atoms with Gasteiger partial charge in [0.25, 0.3) is 5.91 Å². The lowest BCUT2D eigenvalue weighted by atomic mass is 10.0. The molecule has 2 aromatic rings. The smallest absolute Gasteiger partial charge is 0.258 e. The summed E-state index contributed by atoms with van der Waals surface area (Å²) in [5.74, 6) is -0.288. The summed E-state index contributed by atoms with van der Waals surface area (Å²) in [5, 5.41) is 3.37. The van der Waals surface area contributed by atoms with Gasteiger partial charge in [0.15, 0.2) is 11.6 Å². The Morgan fingerprint density at radius 1 is 1.29 bits per heavy atom. The van der Waals surface area contributed by atoms with Crippen LogP contribution in [0.15, 0.2) is 42.5 Å². The van der Waals surface area contributed by atoms with Crippen LogP contribution < -0.4 is 10.1 Å². The van der Waals surface area contributed by atoms with Crippen molar-refractivity contribution >= 4 is 11.6 Å². The Morgan fingerprint density at radius 3 is 2.71 bits per heavy atom. The lowest BCUT2D eigenvalue weighted by molar-refractivity contribution is 0.0593. The molecular weight excluding hydrogens is 307 g/mol. The zero-order valence-corrected chi connectivity index (χ0v) is 14.0. The highest BCUT2D eigenvalue weighted by atomic mass is 19.1. The van der Waals surface area contributed by atoms with Gasteiger partial charge in [-0.1, -0.05) is 25.1 Å². The van der Waals surface area contributed by atoms with Gasteiger partial charge in [-0.05, 0) is 43.2 Å². The Hall–Kier alpha value is -2.56. The van der Waals surface area contributed by atoms with E-state index in [9.17, 15) is 9.18 Å². The molecule has 24 heavy (non-hydrogen) atoms. The Bertz CT molecular complexity index is 763. The summed E-state index contributed by atoms with van der Waals surface area (Å²) in [5.41, 5.74) is 2.10. The number of para-hydroxylation sites is 1. The van der Waals surface area contributed by atoms with Gasteiger partial charge in [-0.2, -0.15) is 0 Å². The van der Waals surface area contributed by atoms with E-state index in [1.54, 1.807) is 17.0 Å². The van der Waals surface area contributed by atoms with Crippen LogP contribution in [0.25, 0.3) is 0 Å². The van der Waals surface area contributed by atoms with Crippen molar-refractivity contribution in [2.24, 2.45) is 0 Å². The monoisotopic (exact) mass is 328 g/mol. The van der Waals surface area contributed by atoms with Crippen LogP contribution in [-0.2, 0) is 0 Å². The minimum absolute atomic E-state index is 0.0218. The molecule has 5 heteroatoms. The molecular formula is C19H21FN2O2. The molecule has 3 rings (SSSR count). The summed E-state index contributed by atoms with van der Waals surface area (Å²) in [7, 11) is 1.43. The van der Waals surface area contributed by atoms with Gasteiger partial charge >= 0.3 is 0 Å². The highest BCUT2D eigenvalue weighted by Gasteiger charge is 2.35. The molecule has 1 amide bonds. The van der Waals surface area contributed by atoms with Crippen molar-refractivity contribution in [3.05, 3.63) is 59.4 Å². The van der Waals surface area contributed by atoms with Gasteiger partial charge in [-0.25, -0.2) is 4.39 Å². The molecule has 0 saturated heterocycles. The number of amides is 1. The summed E-state index contributed by atoms with van der Waals surface area (Å²) >= 11 is 0. The Kier molecular flexibility index (Phi) is 4.42. The first kappa shape index (κ1) is 16.3. The molecule has 0 aromatic heterocycles. The number of rotatable bonds is 4. The van der Waals surface area contributed by atoms with Gasteiger partial charge in [-0.3, -0.25) is 4.79 Å². The van der Waals surface area contributed by atoms with E-state index < -0.39 is 12.0 Å². The molecule has 4 nitrogen and oxygen atoms in total. The Morgan fingerprint density at radius 2 is 2.04 bits per heavy atom. The van der Waals surface area contributed by atoms with Crippen LogP contribution in [0.3, 0.4) is 0 Å². The number of benzene rings is 2. The molecule has 0 spiro atoms. The Balaban J connectivity index is 2.07. The van der Waals surface area contributed by atoms with E-state index in [1.165, 1.54) is 13.2 Å². The van der Waals surface area contributed by atoms with E-state index in [-0.39, 0.29) is 17.7 Å². The molecule has 0 unspecified atom stereocenters. The largest absolute Gasteiger partial charge is 0.494 e. The van der Waals surface area contributed by atoms with Crippen molar-refractivity contribution < 1.29 is 13.9 Å². The topological polar surface area (TPSA) is 41.6 Å². The quantitative estimate of drug-likeness (QED) is 0.914. The second-order valence-corrected chi connectivity index (χ2v) is 5.96. The maximum Gasteiger partial charge on any atom is 0.258 e. The first-order valence-corrected chi connectivity index (χ1v) is 8.08. The summed E-state index contributed by atoms with van der Waals surface area (Å²) in [6.45, 7) is 4.03. The van der Waals surface area contributed by atoms with E-state index >= 15 is 0 Å². The lowest BCUT2D eigenvalue weighted by Gasteiger charge is -2.41. The van der Waals surface area contributed by atoms with Crippen molar-refractivity contribution in [3.63, 3.8) is 0 Å². The average molecular weight is 328 g/mol. The molecule has 1 heterocycles. The van der Waals surface area contributed by atoms with Crippen LogP contribution in [0.1, 0.15) is 42.4 Å². The maximum absolute atomic E-state index is 14.2. The average Bonchev–Trinajstić information content (AvgIpc) is 2.61. The minimum Gasteiger partial charge on any atom is -0.494 e. The molecule has 0 fully saturated rings. The van der Waals surface area contributed by atoms with Crippen LogP contribution in [-0.4, -0.2) is 24.0 Å². The summed E-state index contributed by atoms with van der Waals surface area (Å²) in [4.78, 5) is 14.8. The number of carbonyl (C=O) groups is 1. The fourth-order valence-electron chi connectivity index (χ4n) is 3.02. The van der Waals surface area contributed by atoms with E-state index in [2.05, 4.69) is 5.32 Å². The van der Waals surface area contributed by atoms with Crippen LogP contribution in [0.2, 0.25) is 0 Å². The number of methoxy groups -OCH3 is 1. The molecule has 2 atom stereocenters. The molecule has 126 valence electrons. The predicted octanol–water partition coefficient (Wildman–Crippen LogP) is 4.20. The zero-order valence-electron chi connectivity index (χ0n) is 14.0. The molecule has 0 radical (unpaired) electrons. The first-order chi connectivity index (χ1) is 11.6. The SMILES string of the molecule is CC[C@H](C)N1C(=O)c2ccccc2N[C@H]1c1ccc(OC)c(F)c1. The van der Waals surface area contributed by atoms with Crippen molar-refractivity contribution in [1.82, 2.24) is 4.90 Å². The van der Waals surface area contributed by atoms with Crippen LogP contribution >= 0.6 is 0 Å². The second-order valence-electron chi connectivity index (χ2n) is 5.96. The Labute approximate surface area is 141 Å². The molecule has 0 saturated carbocycles. The molecule has 0 bridgehead atoms. The van der Waals surface area contributed by atoms with Crippen molar-refractivity contribution in [1.29, 1.82) is 0 Å². The number of hydrogen-bond donors (Lipinski definition) is 1. The summed E-state index contributed by atoms with van der Waals surface area (Å²) in [6, 6.07) is 12.2. The molecule has 2 aromatic carbocycles. The standard InChI is InChI=1S/C19H21FN2O2/c1-4-12(2)22-18(13-9-10-17(24-3)15(20)11-13)21-16-8-6-5-7-14(16)19(22)23/h5-12,18,21H,4H2,1-3H3/t12-,18+/m0/s1. The van der Waals surface area contributed by atoms with E-state index in [1.807, 2.05) is 38.1 Å².